The van der Waals surface area contributed by atoms with Crippen LogP contribution < -0.4 is 4.74 Å². The number of esters is 1. The molecule has 4 nitrogen and oxygen atoms in total. The number of piperidine rings is 1. The molecule has 1 aliphatic rings. The number of rotatable bonds is 3. The zero-order chi connectivity index (χ0) is 15.4. The molecule has 0 bridgehead atoms. The standard InChI is InChI=1S/C15H15BrClNO3/c1-2-13(19)18-8-6-10(7-9-18)15(20)21-14-11(16)4-3-5-12(14)17/h2-5,10H,1,6-9H2. The number of nitrogens with zero attached hydrogens (tertiary/aromatic N) is 1. The number of hydrogen-bond donors (Lipinski definition) is 0. The molecule has 6 heteroatoms. The van der Waals surface area contributed by atoms with Crippen molar-refractivity contribution in [3.8, 4) is 5.75 Å². The topological polar surface area (TPSA) is 46.6 Å². The lowest BCUT2D eigenvalue weighted by atomic mass is 9.97. The second-order valence-electron chi connectivity index (χ2n) is 4.78. The third-order valence-corrected chi connectivity index (χ3v) is 4.36. The van der Waals surface area contributed by atoms with Crippen molar-refractivity contribution in [2.45, 2.75) is 12.8 Å². The maximum Gasteiger partial charge on any atom is 0.314 e. The first-order valence-corrected chi connectivity index (χ1v) is 7.77. The van der Waals surface area contributed by atoms with Gasteiger partial charge in [0.1, 0.15) is 0 Å². The number of carbonyl (C=O) groups is 2. The normalized spacial score (nSPS) is 15.6. The minimum Gasteiger partial charge on any atom is -0.424 e. The molecule has 0 spiro atoms. The van der Waals surface area contributed by atoms with E-state index in [1.54, 1.807) is 23.1 Å². The van der Waals surface area contributed by atoms with E-state index in [0.29, 0.717) is 41.2 Å². The number of likely N-dealkylation sites (tertiary alicyclic amines) is 1. The second kappa shape index (κ2) is 7.09. The Morgan fingerprint density at radius 2 is 2.05 bits per heavy atom. The molecule has 1 aromatic rings. The van der Waals surface area contributed by atoms with Crippen molar-refractivity contribution in [3.63, 3.8) is 0 Å². The summed E-state index contributed by atoms with van der Waals surface area (Å²) in [5.41, 5.74) is 0. The van der Waals surface area contributed by atoms with Crippen molar-refractivity contribution in [2.75, 3.05) is 13.1 Å². The predicted molar refractivity (Wildman–Crippen MR) is 84.3 cm³/mol. The lowest BCUT2D eigenvalue weighted by Crippen LogP contribution is -2.40. The van der Waals surface area contributed by atoms with Crippen LogP contribution in [0.4, 0.5) is 0 Å². The molecule has 1 amide bonds. The molecule has 1 heterocycles. The van der Waals surface area contributed by atoms with Crippen molar-refractivity contribution >= 4 is 39.4 Å². The Labute approximate surface area is 136 Å². The third-order valence-electron chi connectivity index (χ3n) is 3.44. The highest BCUT2D eigenvalue weighted by Crippen LogP contribution is 2.34. The van der Waals surface area contributed by atoms with Gasteiger partial charge in [-0.05, 0) is 47.0 Å². The van der Waals surface area contributed by atoms with Crippen LogP contribution in [-0.2, 0) is 9.59 Å². The highest BCUT2D eigenvalue weighted by atomic mass is 79.9. The molecule has 0 aliphatic carbocycles. The molecule has 1 aliphatic heterocycles. The van der Waals surface area contributed by atoms with Crippen LogP contribution in [0.3, 0.4) is 0 Å². The summed E-state index contributed by atoms with van der Waals surface area (Å²) in [6, 6.07) is 5.20. The molecule has 0 unspecified atom stereocenters. The van der Waals surface area contributed by atoms with Crippen molar-refractivity contribution in [1.29, 1.82) is 0 Å². The van der Waals surface area contributed by atoms with Gasteiger partial charge in [-0.25, -0.2) is 0 Å². The minimum absolute atomic E-state index is 0.101. The lowest BCUT2D eigenvalue weighted by molar-refractivity contribution is -0.142. The van der Waals surface area contributed by atoms with Crippen LogP contribution in [-0.4, -0.2) is 29.9 Å². The Bertz CT molecular complexity index is 548. The predicted octanol–water partition coefficient (Wildman–Crippen LogP) is 3.43. The van der Waals surface area contributed by atoms with Gasteiger partial charge in [0, 0.05) is 13.1 Å². The van der Waals surface area contributed by atoms with Crippen LogP contribution in [0, 0.1) is 5.92 Å². The number of amides is 1. The fourth-order valence-electron chi connectivity index (χ4n) is 2.23. The monoisotopic (exact) mass is 371 g/mol. The van der Waals surface area contributed by atoms with E-state index in [9.17, 15) is 9.59 Å². The van der Waals surface area contributed by atoms with Gasteiger partial charge < -0.3 is 9.64 Å². The number of hydrogen-bond acceptors (Lipinski definition) is 3. The Hall–Kier alpha value is -1.33. The van der Waals surface area contributed by atoms with Gasteiger partial charge >= 0.3 is 5.97 Å². The van der Waals surface area contributed by atoms with E-state index in [4.69, 9.17) is 16.3 Å². The van der Waals surface area contributed by atoms with Crippen molar-refractivity contribution in [2.24, 2.45) is 5.92 Å². The number of benzene rings is 1. The Balaban J connectivity index is 1.97. The number of halogens is 2. The van der Waals surface area contributed by atoms with E-state index in [1.165, 1.54) is 6.08 Å². The molecule has 0 aromatic heterocycles. The Morgan fingerprint density at radius 1 is 1.38 bits per heavy atom. The van der Waals surface area contributed by atoms with Crippen LogP contribution >= 0.6 is 27.5 Å². The van der Waals surface area contributed by atoms with Gasteiger partial charge in [-0.3, -0.25) is 9.59 Å². The van der Waals surface area contributed by atoms with Crippen molar-refractivity contribution in [1.82, 2.24) is 4.90 Å². The summed E-state index contributed by atoms with van der Waals surface area (Å²) in [6.45, 7) is 4.53. The summed E-state index contributed by atoms with van der Waals surface area (Å²) >= 11 is 9.34. The van der Waals surface area contributed by atoms with E-state index in [1.807, 2.05) is 0 Å². The average Bonchev–Trinajstić information content (AvgIpc) is 2.50. The SMILES string of the molecule is C=CC(=O)N1CCC(C(=O)Oc2c(Cl)cccc2Br)CC1. The molecule has 21 heavy (non-hydrogen) atoms. The van der Waals surface area contributed by atoms with Crippen molar-refractivity contribution < 1.29 is 14.3 Å². The van der Waals surface area contributed by atoms with Gasteiger partial charge in [0.15, 0.2) is 5.75 Å². The van der Waals surface area contributed by atoms with Gasteiger partial charge in [-0.1, -0.05) is 24.2 Å². The molecular formula is C15H15BrClNO3. The van der Waals surface area contributed by atoms with Crippen LogP contribution in [0.1, 0.15) is 12.8 Å². The van der Waals surface area contributed by atoms with Crippen molar-refractivity contribution in [3.05, 3.63) is 40.3 Å². The largest absolute Gasteiger partial charge is 0.424 e. The molecule has 0 saturated carbocycles. The zero-order valence-electron chi connectivity index (χ0n) is 11.4. The van der Waals surface area contributed by atoms with Crippen LogP contribution in [0.15, 0.2) is 35.3 Å². The summed E-state index contributed by atoms with van der Waals surface area (Å²) < 4.78 is 6.04. The molecule has 0 radical (unpaired) electrons. The van der Waals surface area contributed by atoms with Crippen LogP contribution in [0.25, 0.3) is 0 Å². The number of ether oxygens (including phenoxy) is 1. The Kier molecular flexibility index (Phi) is 5.42. The fraction of sp³-hybridized carbons (Fsp3) is 0.333. The number of carbonyl (C=O) groups excluding carboxylic acids is 2. The van der Waals surface area contributed by atoms with Gasteiger partial charge in [-0.15, -0.1) is 0 Å². The summed E-state index contributed by atoms with van der Waals surface area (Å²) in [6.07, 6.45) is 2.46. The van der Waals surface area contributed by atoms with E-state index in [-0.39, 0.29) is 17.8 Å². The van der Waals surface area contributed by atoms with E-state index < -0.39 is 0 Å². The molecule has 1 fully saturated rings. The van der Waals surface area contributed by atoms with Gasteiger partial charge in [0.05, 0.1) is 15.4 Å². The van der Waals surface area contributed by atoms with Gasteiger partial charge in [0.2, 0.25) is 5.91 Å². The smallest absolute Gasteiger partial charge is 0.314 e. The quantitative estimate of drug-likeness (QED) is 0.464. The maximum absolute atomic E-state index is 12.2. The number of para-hydroxylation sites is 1. The molecule has 0 N–H and O–H groups in total. The average molecular weight is 373 g/mol. The molecule has 1 aromatic carbocycles. The summed E-state index contributed by atoms with van der Waals surface area (Å²) in [5, 5.41) is 0.386. The second-order valence-corrected chi connectivity index (χ2v) is 6.04. The lowest BCUT2D eigenvalue weighted by Gasteiger charge is -2.30. The minimum atomic E-state index is -0.311. The first-order valence-electron chi connectivity index (χ1n) is 6.60. The maximum atomic E-state index is 12.2. The van der Waals surface area contributed by atoms with Gasteiger partial charge in [0.25, 0.3) is 0 Å². The van der Waals surface area contributed by atoms with E-state index >= 15 is 0 Å². The molecule has 112 valence electrons. The third kappa shape index (κ3) is 3.86. The summed E-state index contributed by atoms with van der Waals surface area (Å²) in [7, 11) is 0. The highest BCUT2D eigenvalue weighted by molar-refractivity contribution is 9.10. The Morgan fingerprint density at radius 3 is 2.62 bits per heavy atom. The fourth-order valence-corrected chi connectivity index (χ4v) is 3.00. The van der Waals surface area contributed by atoms with E-state index in [2.05, 4.69) is 22.5 Å². The first-order chi connectivity index (χ1) is 10.0. The zero-order valence-corrected chi connectivity index (χ0v) is 13.7. The summed E-state index contributed by atoms with van der Waals surface area (Å²) in [4.78, 5) is 25.4. The highest BCUT2D eigenvalue weighted by Gasteiger charge is 2.28. The van der Waals surface area contributed by atoms with E-state index in [0.717, 1.165) is 0 Å². The molecule has 0 atom stereocenters. The first kappa shape index (κ1) is 16.0. The molecule has 2 rings (SSSR count). The summed E-state index contributed by atoms with van der Waals surface area (Å²) in [5.74, 6) is -0.291. The van der Waals surface area contributed by atoms with Gasteiger partial charge in [-0.2, -0.15) is 0 Å². The molecular weight excluding hydrogens is 358 g/mol. The molecule has 1 saturated heterocycles. The van der Waals surface area contributed by atoms with Crippen LogP contribution in [0.2, 0.25) is 5.02 Å². The van der Waals surface area contributed by atoms with Crippen LogP contribution in [0.5, 0.6) is 5.75 Å².